The molecule has 1 aromatic carbocycles. The zero-order chi connectivity index (χ0) is 13.8. The molecular formula is C11H13Cl2NO3S. The van der Waals surface area contributed by atoms with Gasteiger partial charge in [0.2, 0.25) is 10.0 Å². The highest BCUT2D eigenvalue weighted by Gasteiger charge is 2.12. The number of Topliss-reactive ketones (excluding diaryl/α,β-unsaturated/α-hetero) is 1. The van der Waals surface area contributed by atoms with Crippen LogP contribution in [0.5, 0.6) is 0 Å². The van der Waals surface area contributed by atoms with Crippen molar-refractivity contribution in [3.05, 3.63) is 28.8 Å². The summed E-state index contributed by atoms with van der Waals surface area (Å²) in [6, 6.07) is 4.40. The smallest absolute Gasteiger partial charge is 0.232 e. The number of alkyl halides is 1. The molecule has 1 aromatic rings. The standard InChI is InChI=1S/C11H13Cl2NO3S/c1-8(15)10-4-3-9(7-11(10)13)14-18(16,17)6-2-5-12/h3-4,7,14H,2,5-6H2,1H3. The molecule has 18 heavy (non-hydrogen) atoms. The number of benzene rings is 1. The number of ketones is 1. The molecule has 1 N–H and O–H groups in total. The maximum Gasteiger partial charge on any atom is 0.232 e. The first-order chi connectivity index (χ1) is 8.35. The van der Waals surface area contributed by atoms with E-state index in [-0.39, 0.29) is 22.4 Å². The van der Waals surface area contributed by atoms with Gasteiger partial charge in [-0.1, -0.05) is 11.6 Å². The molecule has 0 saturated heterocycles. The molecule has 0 radical (unpaired) electrons. The second-order valence-corrected chi connectivity index (χ2v) is 6.34. The average Bonchev–Trinajstić information content (AvgIpc) is 2.25. The molecule has 1 rings (SSSR count). The van der Waals surface area contributed by atoms with E-state index < -0.39 is 10.0 Å². The molecule has 0 aliphatic rings. The first kappa shape index (κ1) is 15.3. The maximum absolute atomic E-state index is 11.6. The van der Waals surface area contributed by atoms with Gasteiger partial charge in [-0.05, 0) is 31.5 Å². The minimum atomic E-state index is -3.42. The van der Waals surface area contributed by atoms with Gasteiger partial charge in [0, 0.05) is 17.1 Å². The number of halogens is 2. The van der Waals surface area contributed by atoms with Crippen LogP contribution in [-0.4, -0.2) is 25.8 Å². The zero-order valence-corrected chi connectivity index (χ0v) is 12.1. The lowest BCUT2D eigenvalue weighted by atomic mass is 10.1. The molecule has 0 aromatic heterocycles. The van der Waals surface area contributed by atoms with Crippen molar-refractivity contribution in [2.45, 2.75) is 13.3 Å². The molecule has 0 atom stereocenters. The Morgan fingerprint density at radius 1 is 1.39 bits per heavy atom. The fourth-order valence-corrected chi connectivity index (χ4v) is 3.06. The van der Waals surface area contributed by atoms with Gasteiger partial charge in [-0.25, -0.2) is 8.42 Å². The fourth-order valence-electron chi connectivity index (χ4n) is 1.34. The van der Waals surface area contributed by atoms with Crippen LogP contribution < -0.4 is 4.72 Å². The number of rotatable bonds is 6. The van der Waals surface area contributed by atoms with E-state index in [4.69, 9.17) is 23.2 Å². The predicted octanol–water partition coefficient (Wildman–Crippen LogP) is 2.91. The van der Waals surface area contributed by atoms with E-state index in [9.17, 15) is 13.2 Å². The van der Waals surface area contributed by atoms with Gasteiger partial charge in [0.25, 0.3) is 0 Å². The van der Waals surface area contributed by atoms with Gasteiger partial charge in [0.15, 0.2) is 5.78 Å². The van der Waals surface area contributed by atoms with Crippen molar-refractivity contribution in [2.75, 3.05) is 16.4 Å². The van der Waals surface area contributed by atoms with E-state index in [1.54, 1.807) is 0 Å². The topological polar surface area (TPSA) is 63.2 Å². The summed E-state index contributed by atoms with van der Waals surface area (Å²) in [6.45, 7) is 1.39. The van der Waals surface area contributed by atoms with Crippen LogP contribution in [0.1, 0.15) is 23.7 Å². The van der Waals surface area contributed by atoms with Crippen molar-refractivity contribution < 1.29 is 13.2 Å². The van der Waals surface area contributed by atoms with Gasteiger partial charge < -0.3 is 0 Å². The van der Waals surface area contributed by atoms with Crippen LogP contribution in [0, 0.1) is 0 Å². The molecule has 0 saturated carbocycles. The van der Waals surface area contributed by atoms with Gasteiger partial charge in [-0.2, -0.15) is 0 Å². The van der Waals surface area contributed by atoms with Gasteiger partial charge in [-0.3, -0.25) is 9.52 Å². The second kappa shape index (κ2) is 6.41. The second-order valence-electron chi connectivity index (χ2n) is 3.71. The summed E-state index contributed by atoms with van der Waals surface area (Å²) in [7, 11) is -3.42. The van der Waals surface area contributed by atoms with E-state index in [1.807, 2.05) is 0 Å². The van der Waals surface area contributed by atoms with Crippen LogP contribution in [-0.2, 0) is 10.0 Å². The summed E-state index contributed by atoms with van der Waals surface area (Å²) in [5.41, 5.74) is 0.694. The fraction of sp³-hybridized carbons (Fsp3) is 0.364. The van der Waals surface area contributed by atoms with Crippen LogP contribution in [0.25, 0.3) is 0 Å². The Balaban J connectivity index is 2.87. The van der Waals surface area contributed by atoms with E-state index in [1.165, 1.54) is 25.1 Å². The number of carbonyl (C=O) groups is 1. The Hall–Kier alpha value is -0.780. The normalized spacial score (nSPS) is 11.3. The molecule has 4 nitrogen and oxygen atoms in total. The van der Waals surface area contributed by atoms with Crippen LogP contribution in [0.15, 0.2) is 18.2 Å². The summed E-state index contributed by atoms with van der Waals surface area (Å²) in [5.74, 6) is 0.0598. The Kier molecular flexibility index (Phi) is 5.44. The monoisotopic (exact) mass is 309 g/mol. The molecule has 0 unspecified atom stereocenters. The van der Waals surface area contributed by atoms with Gasteiger partial charge in [0.1, 0.15) is 0 Å². The average molecular weight is 310 g/mol. The Morgan fingerprint density at radius 2 is 2.06 bits per heavy atom. The Morgan fingerprint density at radius 3 is 2.56 bits per heavy atom. The molecule has 0 aliphatic carbocycles. The lowest BCUT2D eigenvalue weighted by molar-refractivity contribution is 0.101. The van der Waals surface area contributed by atoms with E-state index in [0.29, 0.717) is 17.7 Å². The first-order valence-corrected chi connectivity index (χ1v) is 7.79. The van der Waals surface area contributed by atoms with Crippen molar-refractivity contribution in [1.29, 1.82) is 0 Å². The molecule has 0 aliphatic heterocycles. The molecule has 0 fully saturated rings. The SMILES string of the molecule is CC(=O)c1ccc(NS(=O)(=O)CCCCl)cc1Cl. The largest absolute Gasteiger partial charge is 0.294 e. The lowest BCUT2D eigenvalue weighted by Crippen LogP contribution is -2.17. The minimum absolute atomic E-state index is 0.0530. The number of hydrogen-bond donors (Lipinski definition) is 1. The summed E-state index contributed by atoms with van der Waals surface area (Å²) in [6.07, 6.45) is 0.371. The third-order valence-electron chi connectivity index (χ3n) is 2.17. The van der Waals surface area contributed by atoms with Crippen LogP contribution >= 0.6 is 23.2 Å². The first-order valence-electron chi connectivity index (χ1n) is 5.22. The van der Waals surface area contributed by atoms with Crippen LogP contribution in [0.3, 0.4) is 0 Å². The summed E-state index contributed by atoms with van der Waals surface area (Å²) >= 11 is 11.3. The molecule has 7 heteroatoms. The van der Waals surface area contributed by atoms with E-state index >= 15 is 0 Å². The number of sulfonamides is 1. The van der Waals surface area contributed by atoms with Crippen molar-refractivity contribution in [3.63, 3.8) is 0 Å². The number of hydrogen-bond acceptors (Lipinski definition) is 3. The van der Waals surface area contributed by atoms with Crippen molar-refractivity contribution in [2.24, 2.45) is 0 Å². The number of nitrogens with one attached hydrogen (secondary N) is 1. The molecule has 0 heterocycles. The summed E-state index contributed by atoms with van der Waals surface area (Å²) in [4.78, 5) is 11.2. The Labute approximate surface area is 116 Å². The van der Waals surface area contributed by atoms with Gasteiger partial charge in [0.05, 0.1) is 10.8 Å². The molecular weight excluding hydrogens is 297 g/mol. The third kappa shape index (κ3) is 4.48. The van der Waals surface area contributed by atoms with Crippen molar-refractivity contribution >= 4 is 44.7 Å². The summed E-state index contributed by atoms with van der Waals surface area (Å²) in [5, 5.41) is 0.222. The lowest BCUT2D eigenvalue weighted by Gasteiger charge is -2.08. The van der Waals surface area contributed by atoms with E-state index in [2.05, 4.69) is 4.72 Å². The van der Waals surface area contributed by atoms with Gasteiger partial charge in [-0.15, -0.1) is 11.6 Å². The number of anilines is 1. The summed E-state index contributed by atoms with van der Waals surface area (Å²) < 4.78 is 25.6. The van der Waals surface area contributed by atoms with Crippen LogP contribution in [0.4, 0.5) is 5.69 Å². The highest BCUT2D eigenvalue weighted by Crippen LogP contribution is 2.22. The van der Waals surface area contributed by atoms with E-state index in [0.717, 1.165) is 0 Å². The zero-order valence-electron chi connectivity index (χ0n) is 9.74. The molecule has 0 spiro atoms. The quantitative estimate of drug-likeness (QED) is 0.649. The van der Waals surface area contributed by atoms with Gasteiger partial charge >= 0.3 is 0 Å². The highest BCUT2D eigenvalue weighted by molar-refractivity contribution is 7.92. The third-order valence-corrected chi connectivity index (χ3v) is 4.12. The molecule has 0 amide bonds. The number of carbonyl (C=O) groups excluding carboxylic acids is 1. The minimum Gasteiger partial charge on any atom is -0.294 e. The molecule has 100 valence electrons. The maximum atomic E-state index is 11.6. The predicted molar refractivity (Wildman–Crippen MR) is 74.2 cm³/mol. The van der Waals surface area contributed by atoms with Crippen molar-refractivity contribution in [3.8, 4) is 0 Å². The Bertz CT molecular complexity index is 543. The van der Waals surface area contributed by atoms with Crippen molar-refractivity contribution in [1.82, 2.24) is 0 Å². The van der Waals surface area contributed by atoms with Crippen LogP contribution in [0.2, 0.25) is 5.02 Å². The highest BCUT2D eigenvalue weighted by atomic mass is 35.5. The molecule has 0 bridgehead atoms.